The largest absolute Gasteiger partial charge is 0.508 e. The number of carbonyl (C=O) groups excluding carboxylic acids is 2. The highest BCUT2D eigenvalue weighted by atomic mass is 16.3. The Morgan fingerprint density at radius 2 is 1.76 bits per heavy atom. The second-order valence-corrected chi connectivity index (χ2v) is 8.56. The van der Waals surface area contributed by atoms with Crippen LogP contribution in [-0.2, 0) is 16.0 Å². The number of hydrogen-bond donors (Lipinski definition) is 3. The molecule has 170 valence electrons. The summed E-state index contributed by atoms with van der Waals surface area (Å²) in [5.41, 5.74) is 4.10. The smallest absolute Gasteiger partial charge is 0.295 e. The topological polar surface area (TPSA) is 93.6 Å². The van der Waals surface area contributed by atoms with Gasteiger partial charge in [-0.2, -0.15) is 0 Å². The first-order valence-electron chi connectivity index (χ1n) is 11.1. The third-order valence-electron chi connectivity index (χ3n) is 6.35. The van der Waals surface area contributed by atoms with Crippen LogP contribution in [0.4, 0.5) is 0 Å². The molecular formula is C28H24N2O4. The Balaban J connectivity index is 1.57. The number of phenols is 1. The number of benzene rings is 3. The van der Waals surface area contributed by atoms with Crippen molar-refractivity contribution in [2.24, 2.45) is 0 Å². The number of rotatable bonds is 5. The van der Waals surface area contributed by atoms with E-state index < -0.39 is 17.7 Å². The number of hydrogen-bond acceptors (Lipinski definition) is 4. The van der Waals surface area contributed by atoms with Gasteiger partial charge in [-0.15, -0.1) is 0 Å². The van der Waals surface area contributed by atoms with Crippen molar-refractivity contribution in [3.8, 4) is 5.75 Å². The molecule has 4 aromatic rings. The van der Waals surface area contributed by atoms with E-state index in [-0.39, 0.29) is 23.6 Å². The summed E-state index contributed by atoms with van der Waals surface area (Å²) >= 11 is 0. The van der Waals surface area contributed by atoms with E-state index in [1.54, 1.807) is 24.3 Å². The van der Waals surface area contributed by atoms with Gasteiger partial charge in [-0.3, -0.25) is 9.59 Å². The fourth-order valence-corrected chi connectivity index (χ4v) is 4.60. The number of aliphatic hydroxyl groups is 1. The lowest BCUT2D eigenvalue weighted by Crippen LogP contribution is -2.31. The minimum Gasteiger partial charge on any atom is -0.508 e. The molecule has 0 saturated carbocycles. The summed E-state index contributed by atoms with van der Waals surface area (Å²) in [4.78, 5) is 31.0. The second-order valence-electron chi connectivity index (χ2n) is 8.56. The summed E-state index contributed by atoms with van der Waals surface area (Å²) in [7, 11) is 0. The minimum atomic E-state index is -0.807. The molecule has 1 atom stereocenters. The lowest BCUT2D eigenvalue weighted by atomic mass is 9.94. The van der Waals surface area contributed by atoms with Gasteiger partial charge in [0, 0.05) is 29.2 Å². The van der Waals surface area contributed by atoms with Crippen molar-refractivity contribution in [2.45, 2.75) is 19.4 Å². The van der Waals surface area contributed by atoms with Crippen molar-refractivity contribution in [3.05, 3.63) is 107 Å². The lowest BCUT2D eigenvalue weighted by Gasteiger charge is -2.25. The van der Waals surface area contributed by atoms with E-state index in [2.05, 4.69) is 4.98 Å². The van der Waals surface area contributed by atoms with E-state index in [0.717, 1.165) is 22.0 Å². The Hall–Kier alpha value is -4.32. The maximum Gasteiger partial charge on any atom is 0.295 e. The molecule has 1 saturated heterocycles. The molecule has 2 heterocycles. The number of ketones is 1. The summed E-state index contributed by atoms with van der Waals surface area (Å²) in [6.45, 7) is 2.21. The third kappa shape index (κ3) is 3.73. The zero-order valence-electron chi connectivity index (χ0n) is 18.7. The number of H-pyrrole nitrogens is 1. The summed E-state index contributed by atoms with van der Waals surface area (Å²) < 4.78 is 0. The molecule has 1 aliphatic rings. The highest BCUT2D eigenvalue weighted by Crippen LogP contribution is 2.40. The van der Waals surface area contributed by atoms with Crippen LogP contribution in [0.15, 0.2) is 84.6 Å². The number of phenolic OH excluding ortho intramolecular Hbond substituents is 1. The van der Waals surface area contributed by atoms with Crippen LogP contribution in [-0.4, -0.2) is 38.3 Å². The van der Waals surface area contributed by atoms with Gasteiger partial charge in [0.25, 0.3) is 11.7 Å². The van der Waals surface area contributed by atoms with E-state index in [4.69, 9.17) is 0 Å². The molecule has 3 N–H and O–H groups in total. The van der Waals surface area contributed by atoms with Crippen molar-refractivity contribution in [3.63, 3.8) is 0 Å². The Labute approximate surface area is 196 Å². The first kappa shape index (κ1) is 21.5. The molecule has 1 amide bonds. The Morgan fingerprint density at radius 3 is 2.53 bits per heavy atom. The lowest BCUT2D eigenvalue weighted by molar-refractivity contribution is -0.139. The summed E-state index contributed by atoms with van der Waals surface area (Å²) in [6, 6.07) is 20.7. The van der Waals surface area contributed by atoms with Crippen LogP contribution in [0.1, 0.15) is 28.3 Å². The second kappa shape index (κ2) is 8.56. The number of carbonyl (C=O) groups is 2. The standard InChI is InChI=1S/C28H24N2O4/c1-17-9-11-18(12-10-17)26(32)24-25(19-5-4-6-21(31)15-19)30(28(34)27(24)33)14-13-20-16-29-23-8-3-2-7-22(20)23/h2-12,15-16,25,29,31-32H,13-14H2,1H3/b26-24-. The normalized spacial score (nSPS) is 17.6. The maximum absolute atomic E-state index is 13.2. The molecule has 5 rings (SSSR count). The number of likely N-dealkylation sites (tertiary alicyclic amines) is 1. The number of aliphatic hydroxyl groups excluding tert-OH is 1. The summed E-state index contributed by atoms with van der Waals surface area (Å²) in [5, 5.41) is 22.3. The molecule has 0 bridgehead atoms. The van der Waals surface area contributed by atoms with Crippen molar-refractivity contribution in [1.82, 2.24) is 9.88 Å². The van der Waals surface area contributed by atoms with Gasteiger partial charge in [-0.05, 0) is 42.7 Å². The molecule has 3 aromatic carbocycles. The van der Waals surface area contributed by atoms with Crippen LogP contribution >= 0.6 is 0 Å². The zero-order valence-corrected chi connectivity index (χ0v) is 18.7. The number of aromatic hydroxyl groups is 1. The van der Waals surface area contributed by atoms with Gasteiger partial charge >= 0.3 is 0 Å². The van der Waals surface area contributed by atoms with Gasteiger partial charge < -0.3 is 20.1 Å². The maximum atomic E-state index is 13.2. The molecule has 1 aliphatic heterocycles. The number of aromatic nitrogens is 1. The Kier molecular flexibility index (Phi) is 5.42. The Bertz CT molecular complexity index is 1430. The third-order valence-corrected chi connectivity index (χ3v) is 6.35. The average molecular weight is 453 g/mol. The number of aryl methyl sites for hydroxylation is 1. The monoisotopic (exact) mass is 452 g/mol. The quantitative estimate of drug-likeness (QED) is 0.229. The van der Waals surface area contributed by atoms with Gasteiger partial charge in [0.1, 0.15) is 11.5 Å². The van der Waals surface area contributed by atoms with Gasteiger partial charge in [-0.1, -0.05) is 60.2 Å². The van der Waals surface area contributed by atoms with Crippen molar-refractivity contribution >= 4 is 28.4 Å². The number of para-hydroxylation sites is 1. The number of amides is 1. The predicted molar refractivity (Wildman–Crippen MR) is 130 cm³/mol. The van der Waals surface area contributed by atoms with Crippen LogP contribution < -0.4 is 0 Å². The van der Waals surface area contributed by atoms with E-state index in [1.807, 2.05) is 49.5 Å². The molecule has 6 nitrogen and oxygen atoms in total. The van der Waals surface area contributed by atoms with Crippen LogP contribution in [0.25, 0.3) is 16.7 Å². The SMILES string of the molecule is Cc1ccc(/C(O)=C2/C(=O)C(=O)N(CCc3c[nH]c4ccccc34)C2c2cccc(O)c2)cc1. The first-order valence-corrected chi connectivity index (χ1v) is 11.1. The van der Waals surface area contributed by atoms with Gasteiger partial charge in [0.05, 0.1) is 11.6 Å². The van der Waals surface area contributed by atoms with Crippen LogP contribution in [0.5, 0.6) is 5.75 Å². The molecule has 1 aromatic heterocycles. The highest BCUT2D eigenvalue weighted by Gasteiger charge is 2.46. The molecule has 6 heteroatoms. The zero-order chi connectivity index (χ0) is 23.8. The van der Waals surface area contributed by atoms with Crippen molar-refractivity contribution in [1.29, 1.82) is 0 Å². The number of nitrogens with one attached hydrogen (secondary N) is 1. The number of fused-ring (bicyclic) bond motifs is 1. The van der Waals surface area contributed by atoms with Crippen molar-refractivity contribution < 1.29 is 19.8 Å². The predicted octanol–water partition coefficient (Wildman–Crippen LogP) is 4.85. The fourth-order valence-electron chi connectivity index (χ4n) is 4.60. The van der Waals surface area contributed by atoms with E-state index >= 15 is 0 Å². The molecule has 1 unspecified atom stereocenters. The molecule has 0 radical (unpaired) electrons. The molecular weight excluding hydrogens is 428 g/mol. The Morgan fingerprint density at radius 1 is 1.00 bits per heavy atom. The van der Waals surface area contributed by atoms with Crippen LogP contribution in [0.3, 0.4) is 0 Å². The van der Waals surface area contributed by atoms with E-state index in [1.165, 1.54) is 17.0 Å². The van der Waals surface area contributed by atoms with Gasteiger partial charge in [-0.25, -0.2) is 0 Å². The number of nitrogens with zero attached hydrogens (tertiary/aromatic N) is 1. The van der Waals surface area contributed by atoms with Gasteiger partial charge in [0.2, 0.25) is 0 Å². The average Bonchev–Trinajstić information content (AvgIpc) is 3.36. The van der Waals surface area contributed by atoms with Crippen LogP contribution in [0.2, 0.25) is 0 Å². The summed E-state index contributed by atoms with van der Waals surface area (Å²) in [6.07, 6.45) is 2.44. The molecule has 0 spiro atoms. The van der Waals surface area contributed by atoms with E-state index in [0.29, 0.717) is 17.5 Å². The molecule has 34 heavy (non-hydrogen) atoms. The van der Waals surface area contributed by atoms with E-state index in [9.17, 15) is 19.8 Å². The minimum absolute atomic E-state index is 0.0232. The van der Waals surface area contributed by atoms with Crippen LogP contribution in [0, 0.1) is 6.92 Å². The molecule has 1 fully saturated rings. The number of aromatic amines is 1. The van der Waals surface area contributed by atoms with Crippen molar-refractivity contribution in [2.75, 3.05) is 6.54 Å². The number of Topliss-reactive ketones (excluding diaryl/α,β-unsaturated/α-hetero) is 1. The first-order chi connectivity index (χ1) is 16.4. The summed E-state index contributed by atoms with van der Waals surface area (Å²) in [5.74, 6) is -1.59. The highest BCUT2D eigenvalue weighted by molar-refractivity contribution is 6.46. The molecule has 0 aliphatic carbocycles. The van der Waals surface area contributed by atoms with Gasteiger partial charge in [0.15, 0.2) is 0 Å². The fraction of sp³-hybridized carbons (Fsp3) is 0.143.